The summed E-state index contributed by atoms with van der Waals surface area (Å²) in [6.07, 6.45) is 4.06. The Morgan fingerprint density at radius 2 is 1.68 bits per heavy atom. The highest BCUT2D eigenvalue weighted by atomic mass is 16.7. The van der Waals surface area contributed by atoms with Crippen molar-refractivity contribution in [1.82, 2.24) is 10.2 Å². The van der Waals surface area contributed by atoms with E-state index in [0.29, 0.717) is 13.0 Å². The molecule has 2 rings (SSSR count). The van der Waals surface area contributed by atoms with Crippen molar-refractivity contribution in [3.05, 3.63) is 0 Å². The molecule has 0 spiro atoms. The number of amides is 2. The summed E-state index contributed by atoms with van der Waals surface area (Å²) in [5.74, 6) is -0.00575. The number of rotatable bonds is 6. The molecule has 0 aromatic rings. The van der Waals surface area contributed by atoms with Crippen molar-refractivity contribution in [1.29, 1.82) is 0 Å². The highest BCUT2D eigenvalue weighted by Crippen LogP contribution is 2.44. The van der Waals surface area contributed by atoms with Crippen LogP contribution in [0.2, 0.25) is 6.32 Å². The molecule has 0 aromatic carbocycles. The van der Waals surface area contributed by atoms with E-state index in [1.54, 1.807) is 11.9 Å². The van der Waals surface area contributed by atoms with Gasteiger partial charge in [0.1, 0.15) is 5.54 Å². The zero-order valence-corrected chi connectivity index (χ0v) is 21.1. The first kappa shape index (κ1) is 26.1. The summed E-state index contributed by atoms with van der Waals surface area (Å²) in [4.78, 5) is 27.7. The topological polar surface area (TPSA) is 93.9 Å². The van der Waals surface area contributed by atoms with Crippen molar-refractivity contribution in [3.8, 4) is 0 Å². The molecule has 3 N–H and O–H groups in total. The first-order valence-corrected chi connectivity index (χ1v) is 11.7. The van der Waals surface area contributed by atoms with E-state index in [2.05, 4.69) is 33.0 Å². The third-order valence-corrected chi connectivity index (χ3v) is 7.55. The predicted octanol–water partition coefficient (Wildman–Crippen LogP) is 2.98. The van der Waals surface area contributed by atoms with Crippen LogP contribution in [0, 0.1) is 11.8 Å². The molecule has 3 atom stereocenters. The van der Waals surface area contributed by atoms with Gasteiger partial charge in [-0.25, -0.2) is 0 Å². The number of nitrogens with one attached hydrogen (secondary N) is 1. The van der Waals surface area contributed by atoms with Gasteiger partial charge in [-0.2, -0.15) is 0 Å². The van der Waals surface area contributed by atoms with Gasteiger partial charge in [0, 0.05) is 25.4 Å². The maximum atomic E-state index is 13.6. The third-order valence-electron chi connectivity index (χ3n) is 7.55. The smallest absolute Gasteiger partial charge is 0.403 e. The van der Waals surface area contributed by atoms with E-state index in [0.717, 1.165) is 25.6 Å². The summed E-state index contributed by atoms with van der Waals surface area (Å²) >= 11 is 0. The number of carbonyl (C=O) groups is 2. The number of nitrogens with zero attached hydrogens (tertiary/aromatic N) is 1. The number of hydrogen-bond donors (Lipinski definition) is 2. The molecule has 2 aliphatic rings. The van der Waals surface area contributed by atoms with Crippen LogP contribution in [0.25, 0.3) is 0 Å². The van der Waals surface area contributed by atoms with Gasteiger partial charge in [0.15, 0.2) is 0 Å². The van der Waals surface area contributed by atoms with Crippen LogP contribution in [0.4, 0.5) is 0 Å². The summed E-state index contributed by atoms with van der Waals surface area (Å²) in [6.45, 7) is 16.0. The van der Waals surface area contributed by atoms with Crippen LogP contribution in [-0.4, -0.2) is 59.7 Å². The number of likely N-dealkylation sites (N-methyl/N-ethyl adjacent to an activating group) is 1. The Morgan fingerprint density at radius 1 is 1.13 bits per heavy atom. The molecule has 0 aromatic heterocycles. The predicted molar refractivity (Wildman–Crippen MR) is 124 cm³/mol. The van der Waals surface area contributed by atoms with E-state index in [9.17, 15) is 9.59 Å². The van der Waals surface area contributed by atoms with Gasteiger partial charge in [-0.3, -0.25) is 9.59 Å². The van der Waals surface area contributed by atoms with E-state index in [1.165, 1.54) is 6.92 Å². The summed E-state index contributed by atoms with van der Waals surface area (Å²) in [6, 6.07) is 0. The fraction of sp³-hybridized carbons (Fsp3) is 0.913. The van der Waals surface area contributed by atoms with Gasteiger partial charge in [0.25, 0.3) is 0 Å². The van der Waals surface area contributed by atoms with E-state index >= 15 is 0 Å². The number of nitrogens with two attached hydrogens (primary N) is 1. The Morgan fingerprint density at radius 3 is 2.13 bits per heavy atom. The van der Waals surface area contributed by atoms with Crippen LogP contribution in [0.1, 0.15) is 81.1 Å². The summed E-state index contributed by atoms with van der Waals surface area (Å²) in [5, 5.41) is 3.13. The van der Waals surface area contributed by atoms with Gasteiger partial charge < -0.3 is 25.3 Å². The lowest BCUT2D eigenvalue weighted by Crippen LogP contribution is -2.68. The van der Waals surface area contributed by atoms with Gasteiger partial charge in [-0.1, -0.05) is 6.42 Å². The third kappa shape index (κ3) is 5.45. The molecule has 1 aliphatic carbocycles. The second-order valence-electron chi connectivity index (χ2n) is 11.5. The second kappa shape index (κ2) is 9.03. The van der Waals surface area contributed by atoms with Gasteiger partial charge in [-0.05, 0) is 86.5 Å². The SMILES string of the molecule is CC(=O)N(C)C1(C(=O)NC(C)(C)C)C[C@H](CCB2OC(C)(C)C(C)(C)O2)CCC1CN. The molecule has 1 saturated heterocycles. The first-order chi connectivity index (χ1) is 14.1. The first-order valence-electron chi connectivity index (χ1n) is 11.7. The lowest BCUT2D eigenvalue weighted by molar-refractivity contribution is -0.153. The molecular formula is C23H44BN3O4. The van der Waals surface area contributed by atoms with Crippen LogP contribution >= 0.6 is 0 Å². The molecule has 2 unspecified atom stereocenters. The maximum Gasteiger partial charge on any atom is 0.457 e. The highest BCUT2D eigenvalue weighted by molar-refractivity contribution is 6.45. The van der Waals surface area contributed by atoms with Crippen LogP contribution in [0.3, 0.4) is 0 Å². The van der Waals surface area contributed by atoms with Crippen molar-refractivity contribution in [2.24, 2.45) is 17.6 Å². The average Bonchev–Trinajstić information content (AvgIpc) is 2.84. The number of hydrogen-bond acceptors (Lipinski definition) is 5. The standard InChI is InChI=1S/C23H44BN3O4/c1-16(28)27(9)23(19(29)26-20(2,3)4)14-17(10-11-18(23)15-25)12-13-24-30-21(5,6)22(7,8)31-24/h17-18H,10-15,25H2,1-9H3,(H,26,29)/t17-,18?,23?/m0/s1. The molecule has 31 heavy (non-hydrogen) atoms. The van der Waals surface area contributed by atoms with Crippen molar-refractivity contribution in [3.63, 3.8) is 0 Å². The largest absolute Gasteiger partial charge is 0.457 e. The molecular weight excluding hydrogens is 393 g/mol. The van der Waals surface area contributed by atoms with Crippen molar-refractivity contribution in [2.45, 2.75) is 110 Å². The molecule has 178 valence electrons. The Hall–Kier alpha value is -1.12. The number of carbonyl (C=O) groups excluding carboxylic acids is 2. The molecule has 2 amide bonds. The summed E-state index contributed by atoms with van der Waals surface area (Å²) < 4.78 is 12.3. The maximum absolute atomic E-state index is 13.6. The molecule has 7 nitrogen and oxygen atoms in total. The lowest BCUT2D eigenvalue weighted by atomic mass is 9.64. The fourth-order valence-corrected chi connectivity index (χ4v) is 4.97. The Kier molecular flexibility index (Phi) is 7.61. The quantitative estimate of drug-likeness (QED) is 0.623. The Bertz CT molecular complexity index is 660. The van der Waals surface area contributed by atoms with Crippen LogP contribution in [0.5, 0.6) is 0 Å². The van der Waals surface area contributed by atoms with Crippen molar-refractivity contribution >= 4 is 18.9 Å². The van der Waals surface area contributed by atoms with Gasteiger partial charge in [0.05, 0.1) is 11.2 Å². The normalized spacial score (nSPS) is 30.2. The van der Waals surface area contributed by atoms with Gasteiger partial charge >= 0.3 is 7.12 Å². The van der Waals surface area contributed by atoms with Crippen LogP contribution in [0.15, 0.2) is 0 Å². The summed E-state index contributed by atoms with van der Waals surface area (Å²) in [5.41, 5.74) is 4.11. The molecule has 0 bridgehead atoms. The monoisotopic (exact) mass is 437 g/mol. The minimum absolute atomic E-state index is 0.0724. The zero-order valence-electron chi connectivity index (χ0n) is 21.1. The van der Waals surface area contributed by atoms with Crippen LogP contribution in [-0.2, 0) is 18.9 Å². The second-order valence-corrected chi connectivity index (χ2v) is 11.5. The van der Waals surface area contributed by atoms with E-state index in [-0.39, 0.29) is 42.0 Å². The van der Waals surface area contributed by atoms with Crippen molar-refractivity contribution in [2.75, 3.05) is 13.6 Å². The lowest BCUT2D eigenvalue weighted by Gasteiger charge is -2.51. The molecule has 1 heterocycles. The van der Waals surface area contributed by atoms with E-state index in [4.69, 9.17) is 15.0 Å². The van der Waals surface area contributed by atoms with E-state index < -0.39 is 11.1 Å². The molecule has 2 fully saturated rings. The van der Waals surface area contributed by atoms with E-state index in [1.807, 2.05) is 20.8 Å². The zero-order chi connectivity index (χ0) is 23.8. The molecule has 0 radical (unpaired) electrons. The Balaban J connectivity index is 2.22. The average molecular weight is 437 g/mol. The van der Waals surface area contributed by atoms with Crippen LogP contribution < -0.4 is 11.1 Å². The van der Waals surface area contributed by atoms with Crippen molar-refractivity contribution < 1.29 is 18.9 Å². The fourth-order valence-electron chi connectivity index (χ4n) is 4.97. The Labute approximate surface area is 189 Å². The molecule has 1 saturated carbocycles. The van der Waals surface area contributed by atoms with Gasteiger partial charge in [-0.15, -0.1) is 0 Å². The summed E-state index contributed by atoms with van der Waals surface area (Å²) in [7, 11) is 1.49. The minimum Gasteiger partial charge on any atom is -0.403 e. The molecule has 1 aliphatic heterocycles. The minimum atomic E-state index is -0.938. The highest BCUT2D eigenvalue weighted by Gasteiger charge is 2.54. The molecule has 8 heteroatoms. The van der Waals surface area contributed by atoms with Gasteiger partial charge in [0.2, 0.25) is 11.8 Å².